The molecule has 1 saturated carbocycles. The van der Waals surface area contributed by atoms with Gasteiger partial charge >= 0.3 is 6.03 Å². The van der Waals surface area contributed by atoms with Gasteiger partial charge in [0.15, 0.2) is 0 Å². The van der Waals surface area contributed by atoms with Gasteiger partial charge in [-0.3, -0.25) is 4.79 Å². The van der Waals surface area contributed by atoms with Crippen molar-refractivity contribution in [3.05, 3.63) is 58.9 Å². The van der Waals surface area contributed by atoms with Crippen LogP contribution in [0.25, 0.3) is 0 Å². The summed E-state index contributed by atoms with van der Waals surface area (Å²) < 4.78 is 2.17. The number of urea groups is 1. The first kappa shape index (κ1) is 26.1. The van der Waals surface area contributed by atoms with E-state index < -0.39 is 0 Å². The highest BCUT2D eigenvalue weighted by molar-refractivity contribution is 6.31. The van der Waals surface area contributed by atoms with E-state index in [1.807, 2.05) is 41.4 Å². The van der Waals surface area contributed by atoms with Crippen LogP contribution in [0.2, 0.25) is 5.02 Å². The zero-order chi connectivity index (χ0) is 24.5. The highest BCUT2D eigenvalue weighted by Crippen LogP contribution is 2.25. The molecule has 6 nitrogen and oxygen atoms in total. The fourth-order valence-electron chi connectivity index (χ4n) is 4.67. The first-order valence-corrected chi connectivity index (χ1v) is 12.9. The molecule has 186 valence electrons. The van der Waals surface area contributed by atoms with E-state index in [-0.39, 0.29) is 24.5 Å². The van der Waals surface area contributed by atoms with Gasteiger partial charge in [-0.2, -0.15) is 0 Å². The maximum atomic E-state index is 13.7. The third-order valence-electron chi connectivity index (χ3n) is 6.65. The highest BCUT2D eigenvalue weighted by atomic mass is 35.5. The maximum Gasteiger partial charge on any atom is 0.319 e. The molecule has 34 heavy (non-hydrogen) atoms. The molecule has 2 aromatic rings. The topological polar surface area (TPSA) is 48.8 Å². The molecule has 0 saturated heterocycles. The number of rotatable bonds is 10. The van der Waals surface area contributed by atoms with Crippen molar-refractivity contribution in [3.63, 3.8) is 0 Å². The fourth-order valence-corrected chi connectivity index (χ4v) is 4.87. The van der Waals surface area contributed by atoms with Crippen molar-refractivity contribution in [2.45, 2.75) is 71.0 Å². The maximum absolute atomic E-state index is 13.7. The van der Waals surface area contributed by atoms with Crippen molar-refractivity contribution in [2.24, 2.45) is 0 Å². The number of aromatic nitrogens is 1. The number of hydrogen-bond donors (Lipinski definition) is 0. The van der Waals surface area contributed by atoms with Crippen LogP contribution in [-0.2, 0) is 17.9 Å². The summed E-state index contributed by atoms with van der Waals surface area (Å²) >= 11 is 6.41. The van der Waals surface area contributed by atoms with Gasteiger partial charge in [-0.05, 0) is 43.0 Å². The smallest absolute Gasteiger partial charge is 0.319 e. The molecule has 3 amide bonds. The van der Waals surface area contributed by atoms with Crippen molar-refractivity contribution < 1.29 is 9.59 Å². The van der Waals surface area contributed by atoms with Gasteiger partial charge in [0.2, 0.25) is 5.91 Å². The van der Waals surface area contributed by atoms with Gasteiger partial charge in [0.05, 0.1) is 6.54 Å². The standard InChI is InChI=1S/C27H39ClN4O2/c1-4-5-17-31(27(34)29(2)3)21-26(33)32(23-13-7-6-8-14-23)20-24-15-11-18-30(24)19-22-12-9-10-16-25(22)28/h9-12,15-16,18,23H,4-8,13-14,17,19-21H2,1-3H3. The zero-order valence-corrected chi connectivity index (χ0v) is 21.6. The Morgan fingerprint density at radius 1 is 1.06 bits per heavy atom. The average Bonchev–Trinajstić information content (AvgIpc) is 3.28. The van der Waals surface area contributed by atoms with Gasteiger partial charge in [0, 0.05) is 50.1 Å². The minimum Gasteiger partial charge on any atom is -0.345 e. The van der Waals surface area contributed by atoms with E-state index in [2.05, 4.69) is 17.6 Å². The molecule has 1 aliphatic carbocycles. The number of hydrogen-bond acceptors (Lipinski definition) is 2. The Hall–Kier alpha value is -2.47. The minimum atomic E-state index is -0.104. The van der Waals surface area contributed by atoms with Crippen LogP contribution in [0.4, 0.5) is 4.79 Å². The molecule has 1 aromatic carbocycles. The van der Waals surface area contributed by atoms with E-state index in [1.165, 1.54) is 6.42 Å². The van der Waals surface area contributed by atoms with Gasteiger partial charge in [-0.25, -0.2) is 4.79 Å². The Bertz CT molecular complexity index is 936. The van der Waals surface area contributed by atoms with E-state index >= 15 is 0 Å². The number of carbonyl (C=O) groups excluding carboxylic acids is 2. The molecule has 7 heteroatoms. The van der Waals surface area contributed by atoms with E-state index in [4.69, 9.17) is 11.6 Å². The van der Waals surface area contributed by atoms with Gasteiger partial charge in [-0.15, -0.1) is 0 Å². The van der Waals surface area contributed by atoms with Crippen LogP contribution < -0.4 is 0 Å². The summed E-state index contributed by atoms with van der Waals surface area (Å²) in [6.45, 7) is 4.02. The van der Waals surface area contributed by atoms with E-state index in [1.54, 1.807) is 23.9 Å². The predicted molar refractivity (Wildman–Crippen MR) is 138 cm³/mol. The highest BCUT2D eigenvalue weighted by Gasteiger charge is 2.29. The Morgan fingerprint density at radius 3 is 2.47 bits per heavy atom. The third-order valence-corrected chi connectivity index (χ3v) is 7.02. The minimum absolute atomic E-state index is 0.0312. The quantitative estimate of drug-likeness (QED) is 0.436. The summed E-state index contributed by atoms with van der Waals surface area (Å²) in [5.41, 5.74) is 2.14. The van der Waals surface area contributed by atoms with E-state index in [0.717, 1.165) is 54.8 Å². The number of unbranched alkanes of at least 4 members (excludes halogenated alkanes) is 1. The Morgan fingerprint density at radius 2 is 1.79 bits per heavy atom. The van der Waals surface area contributed by atoms with Gasteiger partial charge < -0.3 is 19.3 Å². The van der Waals surface area contributed by atoms with Crippen LogP contribution in [0.1, 0.15) is 63.1 Å². The number of nitrogens with zero attached hydrogens (tertiary/aromatic N) is 4. The molecule has 1 heterocycles. The zero-order valence-electron chi connectivity index (χ0n) is 20.9. The first-order chi connectivity index (χ1) is 16.4. The van der Waals surface area contributed by atoms with E-state index in [0.29, 0.717) is 19.6 Å². The van der Waals surface area contributed by atoms with Crippen LogP contribution >= 0.6 is 11.6 Å². The Labute approximate surface area is 209 Å². The van der Waals surface area contributed by atoms with Gasteiger partial charge in [0.1, 0.15) is 6.54 Å². The van der Waals surface area contributed by atoms with Gasteiger partial charge in [-0.1, -0.05) is 62.4 Å². The number of halogens is 1. The SMILES string of the molecule is CCCCN(CC(=O)N(Cc1cccn1Cc1ccccc1Cl)C1CCCCC1)C(=O)N(C)C. The molecule has 0 radical (unpaired) electrons. The lowest BCUT2D eigenvalue weighted by Crippen LogP contribution is -2.49. The van der Waals surface area contributed by atoms with Crippen LogP contribution in [0.5, 0.6) is 0 Å². The van der Waals surface area contributed by atoms with Crippen LogP contribution in [0.3, 0.4) is 0 Å². The van der Waals surface area contributed by atoms with Crippen molar-refractivity contribution in [3.8, 4) is 0 Å². The van der Waals surface area contributed by atoms with Crippen LogP contribution in [-0.4, -0.2) is 64.4 Å². The van der Waals surface area contributed by atoms with Crippen LogP contribution in [0, 0.1) is 0 Å². The number of benzene rings is 1. The molecular weight excluding hydrogens is 448 g/mol. The predicted octanol–water partition coefficient (Wildman–Crippen LogP) is 5.63. The summed E-state index contributed by atoms with van der Waals surface area (Å²) in [4.78, 5) is 31.7. The normalized spacial score (nSPS) is 14.1. The molecule has 1 aromatic heterocycles. The summed E-state index contributed by atoms with van der Waals surface area (Å²) in [6, 6.07) is 12.1. The van der Waals surface area contributed by atoms with Crippen LogP contribution in [0.15, 0.2) is 42.6 Å². The Balaban J connectivity index is 1.80. The lowest BCUT2D eigenvalue weighted by Gasteiger charge is -2.36. The molecule has 0 N–H and O–H groups in total. The molecule has 3 rings (SSSR count). The lowest BCUT2D eigenvalue weighted by molar-refractivity contribution is -0.135. The molecular formula is C27H39ClN4O2. The first-order valence-electron chi connectivity index (χ1n) is 12.5. The number of carbonyl (C=O) groups is 2. The molecule has 0 spiro atoms. The second-order valence-electron chi connectivity index (χ2n) is 9.48. The van der Waals surface area contributed by atoms with Crippen molar-refractivity contribution in [2.75, 3.05) is 27.2 Å². The molecule has 1 fully saturated rings. The van der Waals surface area contributed by atoms with E-state index in [9.17, 15) is 9.59 Å². The van der Waals surface area contributed by atoms with Crippen molar-refractivity contribution in [1.82, 2.24) is 19.3 Å². The van der Waals surface area contributed by atoms with Gasteiger partial charge in [0.25, 0.3) is 0 Å². The van der Waals surface area contributed by atoms with Crippen molar-refractivity contribution >= 4 is 23.5 Å². The Kier molecular flexibility index (Phi) is 9.87. The molecule has 1 aliphatic rings. The molecule has 0 aliphatic heterocycles. The monoisotopic (exact) mass is 486 g/mol. The summed E-state index contributed by atoms with van der Waals surface area (Å²) in [6.07, 6.45) is 9.47. The molecule has 0 atom stereocenters. The summed E-state index contributed by atoms with van der Waals surface area (Å²) in [5.74, 6) is 0.0312. The number of amides is 3. The fraction of sp³-hybridized carbons (Fsp3) is 0.556. The molecule has 0 unspecified atom stereocenters. The summed E-state index contributed by atoms with van der Waals surface area (Å²) in [7, 11) is 3.48. The third kappa shape index (κ3) is 7.02. The summed E-state index contributed by atoms with van der Waals surface area (Å²) in [5, 5.41) is 0.746. The second kappa shape index (κ2) is 12.8. The lowest BCUT2D eigenvalue weighted by atomic mass is 9.94. The largest absolute Gasteiger partial charge is 0.345 e. The second-order valence-corrected chi connectivity index (χ2v) is 9.89. The van der Waals surface area contributed by atoms with Crippen molar-refractivity contribution in [1.29, 1.82) is 0 Å². The average molecular weight is 487 g/mol. The molecule has 0 bridgehead atoms.